The summed E-state index contributed by atoms with van der Waals surface area (Å²) < 4.78 is 21.7. The van der Waals surface area contributed by atoms with Gasteiger partial charge in [0, 0.05) is 72.6 Å². The van der Waals surface area contributed by atoms with Crippen molar-refractivity contribution in [1.82, 2.24) is 29.7 Å². The third-order valence-electron chi connectivity index (χ3n) is 11.5. The maximum atomic E-state index is 12.5. The van der Waals surface area contributed by atoms with Gasteiger partial charge in [0.05, 0.1) is 61.0 Å². The molecule has 0 amide bonds. The molecule has 0 aliphatic carbocycles. The average molecular weight is 980 g/mol. The quantitative estimate of drug-likeness (QED) is 0.0679. The van der Waals surface area contributed by atoms with Gasteiger partial charge in [0.15, 0.2) is 6.61 Å². The highest BCUT2D eigenvalue weighted by Crippen LogP contribution is 2.20. The fourth-order valence-electron chi connectivity index (χ4n) is 7.92. The number of carboxylic acids is 1. The van der Waals surface area contributed by atoms with Gasteiger partial charge in [0.25, 0.3) is 0 Å². The summed E-state index contributed by atoms with van der Waals surface area (Å²) in [6.07, 6.45) is 0.767. The second-order valence-electron chi connectivity index (χ2n) is 17.3. The zero-order valence-corrected chi connectivity index (χ0v) is 41.9. The number of aliphatic carboxylic acids is 1. The number of ether oxygens (including phenoxy) is 4. The van der Waals surface area contributed by atoms with Crippen LogP contribution >= 0.6 is 0 Å². The first kappa shape index (κ1) is 52.8. The summed E-state index contributed by atoms with van der Waals surface area (Å²) in [7, 11) is 1.31. The van der Waals surface area contributed by atoms with Gasteiger partial charge in [-0.3, -0.25) is 34.4 Å². The maximum Gasteiger partial charge on any atom is 0.343 e. The van der Waals surface area contributed by atoms with E-state index in [4.69, 9.17) is 34.9 Å². The monoisotopic (exact) mass is 979 g/mol. The van der Waals surface area contributed by atoms with E-state index in [0.717, 1.165) is 68.5 Å². The number of benzene rings is 3. The molecule has 0 atom stereocenters. The molecule has 7 rings (SSSR count). The van der Waals surface area contributed by atoms with Crippen LogP contribution in [0, 0.1) is 35.5 Å². The Kier molecular flexibility index (Phi) is 19.5. The van der Waals surface area contributed by atoms with E-state index in [0.29, 0.717) is 81.7 Å². The van der Waals surface area contributed by atoms with E-state index in [-0.39, 0.29) is 26.2 Å². The predicted octanol–water partition coefficient (Wildman–Crippen LogP) is 7.19. The Morgan fingerprint density at radius 2 is 0.863 bits per heavy atom. The van der Waals surface area contributed by atoms with Gasteiger partial charge < -0.3 is 29.8 Å². The minimum Gasteiger partial charge on any atom is -0.494 e. The second-order valence-corrected chi connectivity index (χ2v) is 17.3. The maximum absolute atomic E-state index is 12.5. The highest BCUT2D eigenvalue weighted by molar-refractivity contribution is 5.71. The Bertz CT molecular complexity index is 3020. The van der Waals surface area contributed by atoms with Crippen LogP contribution in [-0.2, 0) is 53.6 Å². The van der Waals surface area contributed by atoms with Crippen LogP contribution in [0.5, 0.6) is 17.2 Å². The number of carbonyl (C=O) groups is 2. The lowest BCUT2D eigenvalue weighted by molar-refractivity contribution is -0.143. The van der Waals surface area contributed by atoms with E-state index < -0.39 is 11.9 Å². The molecule has 0 radical (unpaired) electrons. The number of carbonyl (C=O) groups excluding carboxylic acids is 1. The number of pyridine rings is 3. The molecule has 14 heteroatoms. The lowest BCUT2D eigenvalue weighted by atomic mass is 10.1. The van der Waals surface area contributed by atoms with Crippen LogP contribution in [-0.4, -0.2) is 99.8 Å². The Hall–Kier alpha value is -8.03. The number of fused-ring (bicyclic) bond motifs is 6. The largest absolute Gasteiger partial charge is 0.494 e. The van der Waals surface area contributed by atoms with E-state index in [1.165, 1.54) is 7.11 Å². The molecule has 6 aromatic rings. The normalized spacial score (nSPS) is 13.1. The number of methoxy groups -OCH3 is 1. The fraction of sp³-hybridized carbons (Fsp3) is 0.305. The molecule has 3 aromatic heterocycles. The van der Waals surface area contributed by atoms with Gasteiger partial charge in [-0.25, -0.2) is 4.79 Å². The molecule has 3 aromatic carbocycles. The van der Waals surface area contributed by atoms with E-state index in [2.05, 4.69) is 76.0 Å². The van der Waals surface area contributed by atoms with Crippen LogP contribution in [0.4, 0.5) is 0 Å². The summed E-state index contributed by atoms with van der Waals surface area (Å²) in [6.45, 7) is 11.3. The van der Waals surface area contributed by atoms with E-state index in [1.54, 1.807) is 12.1 Å². The first-order valence-electron chi connectivity index (χ1n) is 24.4. The van der Waals surface area contributed by atoms with Gasteiger partial charge in [0.2, 0.25) is 0 Å². The molecule has 73 heavy (non-hydrogen) atoms. The fourth-order valence-corrected chi connectivity index (χ4v) is 7.92. The predicted molar refractivity (Wildman–Crippen MR) is 279 cm³/mol. The molecular weight excluding hydrogens is 919 g/mol. The molecule has 0 saturated heterocycles. The van der Waals surface area contributed by atoms with Crippen LogP contribution < -0.4 is 19.9 Å². The molecule has 374 valence electrons. The van der Waals surface area contributed by atoms with Crippen LogP contribution in [0.15, 0.2) is 109 Å². The number of aromatic nitrogens is 3. The zero-order valence-electron chi connectivity index (χ0n) is 41.9. The molecular formula is C59H61N7O7. The number of nitrogens with two attached hydrogens (primary N) is 1. The number of nitrogens with zero attached hydrogens (tertiary/aromatic N) is 6. The highest BCUT2D eigenvalue weighted by atomic mass is 16.6. The third kappa shape index (κ3) is 17.1. The van der Waals surface area contributed by atoms with E-state index in [1.807, 2.05) is 96.8 Å². The van der Waals surface area contributed by atoms with Gasteiger partial charge in [-0.05, 0) is 142 Å². The SMILES string of the molecule is CCOc1ccc(C#Cc2cc3nc(c2)CN(CC)Cc2cc(C#Cc4ccc(OCC(=O)OC)cc4)cc(n2)CN(CC(=O)O)Cc2cc(C#Cc4ccc(OCCCN)cc4)cc(n2)CN(CC)C3)cc1. The topological polar surface area (TPSA) is 166 Å². The average Bonchev–Trinajstić information content (AvgIpc) is 3.38. The molecule has 0 spiro atoms. The van der Waals surface area contributed by atoms with Crippen molar-refractivity contribution in [3.05, 3.63) is 177 Å². The van der Waals surface area contributed by atoms with Gasteiger partial charge >= 0.3 is 11.9 Å². The van der Waals surface area contributed by atoms with Gasteiger partial charge in [0.1, 0.15) is 17.2 Å². The summed E-state index contributed by atoms with van der Waals surface area (Å²) >= 11 is 0. The van der Waals surface area contributed by atoms with Crippen molar-refractivity contribution in [2.45, 2.75) is 66.5 Å². The second kappa shape index (κ2) is 27.0. The third-order valence-corrected chi connectivity index (χ3v) is 11.5. The summed E-state index contributed by atoms with van der Waals surface area (Å²) in [4.78, 5) is 46.0. The smallest absolute Gasteiger partial charge is 0.343 e. The lowest BCUT2D eigenvalue weighted by Crippen LogP contribution is -2.30. The van der Waals surface area contributed by atoms with Gasteiger partial charge in [-0.2, -0.15) is 0 Å². The van der Waals surface area contributed by atoms with Crippen molar-refractivity contribution in [3.63, 3.8) is 0 Å². The standard InChI is InChI=1S/C59H61N7O7/c1-5-64-35-49-29-46(12-9-43-15-21-55(22-16-43)71-7-3)30-50(61-49)36-65(6-2)38-52-32-48(14-11-45-19-25-57(26-20-45)73-42-59(69)70-4)34-54(63-52)40-66(41-58(67)68)39-53-33-47(31-51(37-64)62-53)13-10-44-17-23-56(24-18-44)72-28-8-27-60/h15-26,29-34H,5-8,27-28,35-42,60H2,1-4H3,(H,67,68). The number of esters is 1. The van der Waals surface area contributed by atoms with Crippen molar-refractivity contribution in [3.8, 4) is 52.8 Å². The molecule has 0 saturated carbocycles. The molecule has 6 bridgehead atoms. The van der Waals surface area contributed by atoms with Gasteiger partial charge in [-0.15, -0.1) is 0 Å². The summed E-state index contributed by atoms with van der Waals surface area (Å²) in [5.74, 6) is 20.6. The molecule has 14 nitrogen and oxygen atoms in total. The van der Waals surface area contributed by atoms with Crippen LogP contribution in [0.3, 0.4) is 0 Å². The Morgan fingerprint density at radius 3 is 1.19 bits per heavy atom. The first-order valence-corrected chi connectivity index (χ1v) is 24.4. The molecule has 1 aliphatic heterocycles. The number of carboxylic acid groups (broad SMARTS) is 1. The molecule has 0 fully saturated rings. The van der Waals surface area contributed by atoms with Crippen LogP contribution in [0.1, 0.15) is 94.7 Å². The first-order chi connectivity index (χ1) is 35.5. The molecule has 0 unspecified atom stereocenters. The molecule has 1 aliphatic rings. The van der Waals surface area contributed by atoms with Crippen LogP contribution in [0.2, 0.25) is 0 Å². The van der Waals surface area contributed by atoms with Crippen molar-refractivity contribution in [1.29, 1.82) is 0 Å². The highest BCUT2D eigenvalue weighted by Gasteiger charge is 2.19. The van der Waals surface area contributed by atoms with Crippen molar-refractivity contribution in [2.75, 3.05) is 53.1 Å². The van der Waals surface area contributed by atoms with Crippen molar-refractivity contribution < 1.29 is 33.6 Å². The van der Waals surface area contributed by atoms with Gasteiger partial charge in [-0.1, -0.05) is 49.4 Å². The van der Waals surface area contributed by atoms with E-state index in [9.17, 15) is 14.7 Å². The summed E-state index contributed by atoms with van der Waals surface area (Å²) in [6, 6.07) is 34.5. The van der Waals surface area contributed by atoms with Crippen molar-refractivity contribution in [2.24, 2.45) is 5.73 Å². The number of hydrogen-bond donors (Lipinski definition) is 2. The molecule has 4 heterocycles. The minimum absolute atomic E-state index is 0.199. The van der Waals surface area contributed by atoms with Crippen molar-refractivity contribution >= 4 is 11.9 Å². The Balaban J connectivity index is 1.28. The number of rotatable bonds is 13. The zero-order chi connectivity index (χ0) is 51.4. The molecule has 3 N–H and O–H groups in total. The van der Waals surface area contributed by atoms with Crippen LogP contribution in [0.25, 0.3) is 0 Å². The Labute approximate surface area is 428 Å². The number of hydrogen-bond acceptors (Lipinski definition) is 13. The summed E-state index contributed by atoms with van der Waals surface area (Å²) in [5, 5.41) is 10.2. The minimum atomic E-state index is -0.976. The van der Waals surface area contributed by atoms with E-state index >= 15 is 0 Å². The Morgan fingerprint density at radius 1 is 0.521 bits per heavy atom. The summed E-state index contributed by atoms with van der Waals surface area (Å²) in [5.41, 5.74) is 15.0. The lowest BCUT2D eigenvalue weighted by Gasteiger charge is -2.24.